The first-order chi connectivity index (χ1) is 15.4. The average Bonchev–Trinajstić information content (AvgIpc) is 2.72. The number of ketones is 1. The van der Waals surface area contributed by atoms with Gasteiger partial charge in [-0.2, -0.15) is 0 Å². The van der Waals surface area contributed by atoms with E-state index in [1.165, 1.54) is 0 Å². The highest BCUT2D eigenvalue weighted by molar-refractivity contribution is 7.91. The van der Waals surface area contributed by atoms with Crippen molar-refractivity contribution in [3.8, 4) is 0 Å². The van der Waals surface area contributed by atoms with Gasteiger partial charge in [-0.3, -0.25) is 9.59 Å². The van der Waals surface area contributed by atoms with Gasteiger partial charge in [0.2, 0.25) is 0 Å². The van der Waals surface area contributed by atoms with Crippen LogP contribution in [0.1, 0.15) is 66.5 Å². The number of carbonyl (C=O) groups is 2. The first-order valence-electron chi connectivity index (χ1n) is 11.2. The van der Waals surface area contributed by atoms with E-state index in [1.54, 1.807) is 62.1 Å². The summed E-state index contributed by atoms with van der Waals surface area (Å²) in [5, 5.41) is 0. The first-order valence-corrected chi connectivity index (χ1v) is 12.9. The van der Waals surface area contributed by atoms with Crippen molar-refractivity contribution in [2.24, 2.45) is 0 Å². The van der Waals surface area contributed by atoms with E-state index in [9.17, 15) is 18.0 Å². The first kappa shape index (κ1) is 25.1. The molecule has 1 amide bonds. The number of sulfone groups is 1. The van der Waals surface area contributed by atoms with Gasteiger partial charge in [0.15, 0.2) is 15.6 Å². The molecule has 1 aliphatic heterocycles. The van der Waals surface area contributed by atoms with Gasteiger partial charge in [0.25, 0.3) is 5.91 Å². The number of hydrogen-bond acceptors (Lipinski definition) is 5. The van der Waals surface area contributed by atoms with Gasteiger partial charge >= 0.3 is 0 Å². The minimum Gasteiger partial charge on any atom is -0.372 e. The van der Waals surface area contributed by atoms with Gasteiger partial charge in [-0.1, -0.05) is 36.4 Å². The van der Waals surface area contributed by atoms with Crippen LogP contribution in [0, 0.1) is 0 Å². The van der Waals surface area contributed by atoms with E-state index in [4.69, 9.17) is 4.74 Å². The molecule has 0 radical (unpaired) electrons. The summed E-state index contributed by atoms with van der Waals surface area (Å²) >= 11 is 0. The lowest BCUT2D eigenvalue weighted by Gasteiger charge is -2.35. The molecule has 2 aromatic rings. The highest BCUT2D eigenvalue weighted by Gasteiger charge is 2.29. The zero-order valence-corrected chi connectivity index (χ0v) is 20.8. The van der Waals surface area contributed by atoms with Crippen LogP contribution in [0.15, 0.2) is 48.5 Å². The van der Waals surface area contributed by atoms with Crippen molar-refractivity contribution in [1.82, 2.24) is 4.90 Å². The standard InChI is InChI=1S/C26H33NO5S/c1-18-15-27(16-19(2)32-18)25(29)23-12-6-20(7-13-23)14-24(28)22-10-8-21(9-11-22)17-33(30,31)26(3,4)5/h6-13,18-19H,14-17H2,1-5H3/t18-,19+. The molecular weight excluding hydrogens is 438 g/mol. The molecule has 0 unspecified atom stereocenters. The molecule has 7 heteroatoms. The number of Topliss-reactive ketones (excluding diaryl/α,β-unsaturated/α-hetero) is 1. The van der Waals surface area contributed by atoms with Crippen molar-refractivity contribution in [2.75, 3.05) is 13.1 Å². The fourth-order valence-electron chi connectivity index (χ4n) is 3.80. The highest BCUT2D eigenvalue weighted by Crippen LogP contribution is 2.21. The molecule has 0 saturated carbocycles. The van der Waals surface area contributed by atoms with E-state index in [-0.39, 0.29) is 36.1 Å². The minimum absolute atomic E-state index is 0.00885. The Kier molecular flexibility index (Phi) is 7.44. The van der Waals surface area contributed by atoms with Gasteiger partial charge in [-0.05, 0) is 57.9 Å². The fraction of sp³-hybridized carbons (Fsp3) is 0.462. The number of ether oxygens (including phenoxy) is 1. The summed E-state index contributed by atoms with van der Waals surface area (Å²) in [6.07, 6.45) is 0.226. The van der Waals surface area contributed by atoms with Crippen LogP contribution in [0.5, 0.6) is 0 Å². The van der Waals surface area contributed by atoms with Crippen LogP contribution in [0.3, 0.4) is 0 Å². The van der Waals surface area contributed by atoms with Gasteiger partial charge in [0.05, 0.1) is 22.7 Å². The largest absolute Gasteiger partial charge is 0.372 e. The highest BCUT2D eigenvalue weighted by atomic mass is 32.2. The van der Waals surface area contributed by atoms with Crippen LogP contribution in [0.4, 0.5) is 0 Å². The summed E-state index contributed by atoms with van der Waals surface area (Å²) in [5.74, 6) is -0.146. The molecule has 2 atom stereocenters. The zero-order chi connectivity index (χ0) is 24.4. The third-order valence-electron chi connectivity index (χ3n) is 5.84. The van der Waals surface area contributed by atoms with Crippen LogP contribution in [0.2, 0.25) is 0 Å². The second kappa shape index (κ2) is 9.77. The fourth-order valence-corrected chi connectivity index (χ4v) is 4.87. The third kappa shape index (κ3) is 6.30. The number of nitrogens with zero attached hydrogens (tertiary/aromatic N) is 1. The quantitative estimate of drug-likeness (QED) is 0.593. The van der Waals surface area contributed by atoms with Crippen LogP contribution in [0.25, 0.3) is 0 Å². The Morgan fingerprint density at radius 3 is 1.88 bits per heavy atom. The molecule has 0 aliphatic carbocycles. The van der Waals surface area contributed by atoms with Gasteiger partial charge in [-0.15, -0.1) is 0 Å². The lowest BCUT2D eigenvalue weighted by atomic mass is 10.0. The Bertz CT molecular complexity index is 1090. The Labute approximate surface area is 196 Å². The summed E-state index contributed by atoms with van der Waals surface area (Å²) in [6.45, 7) is 10.1. The summed E-state index contributed by atoms with van der Waals surface area (Å²) in [6, 6.07) is 13.9. The third-order valence-corrected chi connectivity index (χ3v) is 8.42. The lowest BCUT2D eigenvalue weighted by molar-refractivity contribution is -0.0586. The van der Waals surface area contributed by atoms with Gasteiger partial charge in [0.1, 0.15) is 0 Å². The molecule has 0 bridgehead atoms. The van der Waals surface area contributed by atoms with Gasteiger partial charge in [0, 0.05) is 30.6 Å². The Morgan fingerprint density at radius 1 is 0.879 bits per heavy atom. The number of carbonyl (C=O) groups excluding carboxylic acids is 2. The number of morpholine rings is 1. The lowest BCUT2D eigenvalue weighted by Crippen LogP contribution is -2.48. The smallest absolute Gasteiger partial charge is 0.254 e. The van der Waals surface area contributed by atoms with Crippen molar-refractivity contribution in [3.63, 3.8) is 0 Å². The van der Waals surface area contributed by atoms with Crippen LogP contribution < -0.4 is 0 Å². The van der Waals surface area contributed by atoms with E-state index < -0.39 is 14.6 Å². The number of hydrogen-bond donors (Lipinski definition) is 0. The number of amides is 1. The van der Waals surface area contributed by atoms with E-state index in [1.807, 2.05) is 26.0 Å². The molecular formula is C26H33NO5S. The van der Waals surface area contributed by atoms with Gasteiger partial charge < -0.3 is 9.64 Å². The molecule has 1 heterocycles. The van der Waals surface area contributed by atoms with Crippen molar-refractivity contribution in [3.05, 3.63) is 70.8 Å². The topological polar surface area (TPSA) is 80.8 Å². The molecule has 3 rings (SSSR count). The molecule has 1 saturated heterocycles. The molecule has 0 spiro atoms. The SMILES string of the molecule is C[C@@H]1CN(C(=O)c2ccc(CC(=O)c3ccc(CS(=O)(=O)C(C)(C)C)cc3)cc2)C[C@H](C)O1. The number of benzene rings is 2. The van der Waals surface area contributed by atoms with Gasteiger partial charge in [-0.25, -0.2) is 8.42 Å². The monoisotopic (exact) mass is 471 g/mol. The van der Waals surface area contributed by atoms with Crippen molar-refractivity contribution >= 4 is 21.5 Å². The van der Waals surface area contributed by atoms with E-state index >= 15 is 0 Å². The molecule has 1 fully saturated rings. The van der Waals surface area contributed by atoms with Crippen LogP contribution >= 0.6 is 0 Å². The molecule has 178 valence electrons. The molecule has 0 N–H and O–H groups in total. The Balaban J connectivity index is 1.62. The maximum Gasteiger partial charge on any atom is 0.254 e. The van der Waals surface area contributed by atoms with E-state index in [0.717, 1.165) is 5.56 Å². The molecule has 33 heavy (non-hydrogen) atoms. The van der Waals surface area contributed by atoms with Crippen LogP contribution in [-0.4, -0.2) is 55.1 Å². The average molecular weight is 472 g/mol. The van der Waals surface area contributed by atoms with E-state index in [2.05, 4.69) is 0 Å². The summed E-state index contributed by atoms with van der Waals surface area (Å²) < 4.78 is 29.6. The second-order valence-electron chi connectivity index (χ2n) is 9.83. The zero-order valence-electron chi connectivity index (χ0n) is 20.0. The molecule has 0 aromatic heterocycles. The van der Waals surface area contributed by atoms with E-state index in [0.29, 0.717) is 29.8 Å². The maximum atomic E-state index is 12.8. The summed E-state index contributed by atoms with van der Waals surface area (Å²) in [7, 11) is -3.28. The van der Waals surface area contributed by atoms with Crippen LogP contribution in [-0.2, 0) is 26.7 Å². The second-order valence-corrected chi connectivity index (χ2v) is 12.6. The molecule has 1 aliphatic rings. The maximum absolute atomic E-state index is 12.8. The minimum atomic E-state index is -3.28. The normalized spacial score (nSPS) is 19.4. The molecule has 2 aromatic carbocycles. The Morgan fingerprint density at radius 2 is 1.36 bits per heavy atom. The number of rotatable bonds is 6. The summed E-state index contributed by atoms with van der Waals surface area (Å²) in [5.41, 5.74) is 2.61. The predicted octanol–water partition coefficient (Wildman–Crippen LogP) is 4.07. The predicted molar refractivity (Wildman–Crippen MR) is 129 cm³/mol. The van der Waals surface area contributed by atoms with Crippen molar-refractivity contribution < 1.29 is 22.7 Å². The van der Waals surface area contributed by atoms with Crippen molar-refractivity contribution in [2.45, 2.75) is 63.7 Å². The Hall–Kier alpha value is -2.51. The summed E-state index contributed by atoms with van der Waals surface area (Å²) in [4.78, 5) is 27.3. The van der Waals surface area contributed by atoms with Crippen molar-refractivity contribution in [1.29, 1.82) is 0 Å². The molecule has 6 nitrogen and oxygen atoms in total.